The van der Waals surface area contributed by atoms with Crippen LogP contribution in [0.1, 0.15) is 30.1 Å². The van der Waals surface area contributed by atoms with Gasteiger partial charge in [-0.2, -0.15) is 0 Å². The lowest BCUT2D eigenvalue weighted by atomic mass is 10.2. The number of thiocarbonyl (C=S) groups is 1. The van der Waals surface area contributed by atoms with Gasteiger partial charge in [0.1, 0.15) is 5.75 Å². The first-order valence-corrected chi connectivity index (χ1v) is 9.07. The van der Waals surface area contributed by atoms with Crippen LogP contribution in [-0.4, -0.2) is 24.0 Å². The summed E-state index contributed by atoms with van der Waals surface area (Å²) in [5.74, 6) is 0.209. The van der Waals surface area contributed by atoms with Crippen LogP contribution in [0.5, 0.6) is 5.75 Å². The lowest BCUT2D eigenvalue weighted by molar-refractivity contribution is -0.116. The Morgan fingerprint density at radius 2 is 1.81 bits per heavy atom. The van der Waals surface area contributed by atoms with E-state index in [1.54, 1.807) is 49.6 Å². The highest BCUT2D eigenvalue weighted by Gasteiger charge is 2.11. The van der Waals surface area contributed by atoms with E-state index < -0.39 is 0 Å². The van der Waals surface area contributed by atoms with Crippen molar-refractivity contribution in [3.05, 3.63) is 53.1 Å². The van der Waals surface area contributed by atoms with Gasteiger partial charge >= 0.3 is 0 Å². The van der Waals surface area contributed by atoms with Crippen molar-refractivity contribution in [2.45, 2.75) is 19.8 Å². The van der Waals surface area contributed by atoms with Crippen LogP contribution >= 0.6 is 23.8 Å². The lowest BCUT2D eigenvalue weighted by Gasteiger charge is -2.13. The molecule has 0 radical (unpaired) electrons. The Morgan fingerprint density at radius 1 is 1.11 bits per heavy atom. The maximum Gasteiger partial charge on any atom is 0.257 e. The van der Waals surface area contributed by atoms with E-state index in [2.05, 4.69) is 16.0 Å². The normalized spacial score (nSPS) is 10.0. The summed E-state index contributed by atoms with van der Waals surface area (Å²) in [6, 6.07) is 11.6. The molecule has 0 atom stereocenters. The minimum atomic E-state index is -0.362. The molecule has 0 aromatic heterocycles. The number of carbonyl (C=O) groups excluding carboxylic acids is 2. The first kappa shape index (κ1) is 20.7. The molecule has 2 rings (SSSR count). The van der Waals surface area contributed by atoms with Gasteiger partial charge < -0.3 is 15.4 Å². The lowest BCUT2D eigenvalue weighted by Crippen LogP contribution is -2.34. The van der Waals surface area contributed by atoms with Crippen LogP contribution in [-0.2, 0) is 4.79 Å². The summed E-state index contributed by atoms with van der Waals surface area (Å²) in [4.78, 5) is 24.0. The molecule has 0 bridgehead atoms. The van der Waals surface area contributed by atoms with Gasteiger partial charge in [-0.3, -0.25) is 14.9 Å². The van der Waals surface area contributed by atoms with Gasteiger partial charge in [0, 0.05) is 17.7 Å². The molecule has 0 spiro atoms. The standard InChI is InChI=1S/C19H20ClN3O3S/c1-3-4-17(24)21-13-7-10-15(20)16(11-13)22-19(27)23-18(25)12-5-8-14(26-2)9-6-12/h5-11H,3-4H2,1-2H3,(H,21,24)(H2,22,23,25,27). The molecule has 0 aliphatic heterocycles. The monoisotopic (exact) mass is 405 g/mol. The van der Waals surface area contributed by atoms with Crippen molar-refractivity contribution in [2.24, 2.45) is 0 Å². The minimum absolute atomic E-state index is 0.0823. The number of ether oxygens (including phenoxy) is 1. The number of hydrogen-bond acceptors (Lipinski definition) is 4. The van der Waals surface area contributed by atoms with Crippen molar-refractivity contribution in [2.75, 3.05) is 17.7 Å². The Balaban J connectivity index is 2.01. The molecule has 3 N–H and O–H groups in total. The number of carbonyl (C=O) groups is 2. The highest BCUT2D eigenvalue weighted by Crippen LogP contribution is 2.25. The highest BCUT2D eigenvalue weighted by atomic mass is 35.5. The number of halogens is 1. The second-order valence-corrected chi connectivity index (χ2v) is 6.45. The van der Waals surface area contributed by atoms with E-state index in [0.717, 1.165) is 6.42 Å². The summed E-state index contributed by atoms with van der Waals surface area (Å²) in [5.41, 5.74) is 1.50. The summed E-state index contributed by atoms with van der Waals surface area (Å²) in [6.45, 7) is 1.93. The van der Waals surface area contributed by atoms with Crippen LogP contribution in [0.25, 0.3) is 0 Å². The summed E-state index contributed by atoms with van der Waals surface area (Å²) in [7, 11) is 1.55. The number of methoxy groups -OCH3 is 1. The Kier molecular flexibility index (Phi) is 7.57. The first-order chi connectivity index (χ1) is 12.9. The van der Waals surface area contributed by atoms with Crippen LogP contribution in [0.2, 0.25) is 5.02 Å². The zero-order valence-corrected chi connectivity index (χ0v) is 16.5. The molecule has 8 heteroatoms. The molecule has 2 aromatic carbocycles. The van der Waals surface area contributed by atoms with Gasteiger partial charge in [0.25, 0.3) is 5.91 Å². The number of nitrogens with one attached hydrogen (secondary N) is 3. The third-order valence-electron chi connectivity index (χ3n) is 3.55. The molecule has 0 aliphatic carbocycles. The number of rotatable bonds is 6. The molecule has 0 unspecified atom stereocenters. The third kappa shape index (κ3) is 6.23. The van der Waals surface area contributed by atoms with E-state index in [-0.39, 0.29) is 16.9 Å². The quantitative estimate of drug-likeness (QED) is 0.627. The molecule has 2 aromatic rings. The van der Waals surface area contributed by atoms with E-state index in [0.29, 0.717) is 34.1 Å². The van der Waals surface area contributed by atoms with Gasteiger partial charge in [-0.05, 0) is 61.1 Å². The summed E-state index contributed by atoms with van der Waals surface area (Å²) >= 11 is 11.3. The number of amides is 2. The Morgan fingerprint density at radius 3 is 2.44 bits per heavy atom. The summed E-state index contributed by atoms with van der Waals surface area (Å²) < 4.78 is 5.06. The number of benzene rings is 2. The topological polar surface area (TPSA) is 79.5 Å². The summed E-state index contributed by atoms with van der Waals surface area (Å²) in [6.07, 6.45) is 1.19. The van der Waals surface area contributed by atoms with Crippen LogP contribution in [0, 0.1) is 0 Å². The van der Waals surface area contributed by atoms with Crippen molar-refractivity contribution in [1.29, 1.82) is 0 Å². The Labute approximate surface area is 168 Å². The highest BCUT2D eigenvalue weighted by molar-refractivity contribution is 7.80. The van der Waals surface area contributed by atoms with Gasteiger partial charge in [-0.1, -0.05) is 18.5 Å². The van der Waals surface area contributed by atoms with E-state index >= 15 is 0 Å². The molecule has 0 heterocycles. The van der Waals surface area contributed by atoms with Gasteiger partial charge in [0.15, 0.2) is 5.11 Å². The Hall–Kier alpha value is -2.64. The van der Waals surface area contributed by atoms with Crippen molar-refractivity contribution < 1.29 is 14.3 Å². The predicted molar refractivity (Wildman–Crippen MR) is 112 cm³/mol. The third-order valence-corrected chi connectivity index (χ3v) is 4.09. The van der Waals surface area contributed by atoms with Crippen molar-refractivity contribution in [3.63, 3.8) is 0 Å². The predicted octanol–water partition coefficient (Wildman–Crippen LogP) is 4.21. The maximum absolute atomic E-state index is 12.2. The second kappa shape index (κ2) is 9.89. The van der Waals surface area contributed by atoms with Gasteiger partial charge in [0.05, 0.1) is 17.8 Å². The van der Waals surface area contributed by atoms with Crippen molar-refractivity contribution in [3.8, 4) is 5.75 Å². The molecule has 27 heavy (non-hydrogen) atoms. The molecular formula is C19H20ClN3O3S. The van der Waals surface area contributed by atoms with Crippen LogP contribution in [0.3, 0.4) is 0 Å². The molecule has 0 saturated heterocycles. The molecule has 0 saturated carbocycles. The van der Waals surface area contributed by atoms with Crippen LogP contribution in [0.15, 0.2) is 42.5 Å². The molecular weight excluding hydrogens is 386 g/mol. The number of hydrogen-bond donors (Lipinski definition) is 3. The molecule has 0 aliphatic rings. The van der Waals surface area contributed by atoms with E-state index in [9.17, 15) is 9.59 Å². The molecule has 6 nitrogen and oxygen atoms in total. The zero-order chi connectivity index (χ0) is 19.8. The number of anilines is 2. The smallest absolute Gasteiger partial charge is 0.257 e. The molecule has 0 fully saturated rings. The average molecular weight is 406 g/mol. The fourth-order valence-corrected chi connectivity index (χ4v) is 2.59. The van der Waals surface area contributed by atoms with E-state index in [1.807, 2.05) is 6.92 Å². The molecule has 2 amide bonds. The largest absolute Gasteiger partial charge is 0.497 e. The van der Waals surface area contributed by atoms with Crippen LogP contribution in [0.4, 0.5) is 11.4 Å². The van der Waals surface area contributed by atoms with Gasteiger partial charge in [-0.25, -0.2) is 0 Å². The fourth-order valence-electron chi connectivity index (χ4n) is 2.22. The summed E-state index contributed by atoms with van der Waals surface area (Å²) in [5, 5.41) is 8.74. The zero-order valence-electron chi connectivity index (χ0n) is 15.0. The first-order valence-electron chi connectivity index (χ1n) is 8.28. The van der Waals surface area contributed by atoms with E-state index in [1.165, 1.54) is 0 Å². The van der Waals surface area contributed by atoms with E-state index in [4.69, 9.17) is 28.6 Å². The average Bonchev–Trinajstić information content (AvgIpc) is 2.64. The van der Waals surface area contributed by atoms with Crippen LogP contribution < -0.4 is 20.7 Å². The SMILES string of the molecule is CCCC(=O)Nc1ccc(Cl)c(NC(=S)NC(=O)c2ccc(OC)cc2)c1. The Bertz CT molecular complexity index is 841. The minimum Gasteiger partial charge on any atom is -0.497 e. The van der Waals surface area contributed by atoms with Crippen molar-refractivity contribution >= 4 is 52.1 Å². The fraction of sp³-hybridized carbons (Fsp3) is 0.211. The van der Waals surface area contributed by atoms with Gasteiger partial charge in [-0.15, -0.1) is 0 Å². The van der Waals surface area contributed by atoms with Crippen molar-refractivity contribution in [1.82, 2.24) is 5.32 Å². The van der Waals surface area contributed by atoms with Gasteiger partial charge in [0.2, 0.25) is 5.91 Å². The molecule has 142 valence electrons. The second-order valence-electron chi connectivity index (χ2n) is 5.63. The maximum atomic E-state index is 12.2.